The highest BCUT2D eigenvalue weighted by atomic mass is 16.4. The summed E-state index contributed by atoms with van der Waals surface area (Å²) in [6, 6.07) is 0.322. The number of fused-ring (bicyclic) bond motifs is 7. The lowest BCUT2D eigenvalue weighted by atomic mass is 9.32. The van der Waals surface area contributed by atoms with Crippen LogP contribution in [0.3, 0.4) is 0 Å². The summed E-state index contributed by atoms with van der Waals surface area (Å²) >= 11 is 0. The van der Waals surface area contributed by atoms with Crippen molar-refractivity contribution in [3.8, 4) is 0 Å². The Bertz CT molecular complexity index is 820. The molecule has 188 valence electrons. The van der Waals surface area contributed by atoms with Gasteiger partial charge in [-0.25, -0.2) is 0 Å². The van der Waals surface area contributed by atoms with Gasteiger partial charge in [0.2, 0.25) is 0 Å². The van der Waals surface area contributed by atoms with E-state index in [4.69, 9.17) is 5.73 Å². The summed E-state index contributed by atoms with van der Waals surface area (Å²) in [7, 11) is 0. The summed E-state index contributed by atoms with van der Waals surface area (Å²) in [5.41, 5.74) is 7.40. The van der Waals surface area contributed by atoms with Crippen molar-refractivity contribution in [2.45, 2.75) is 119 Å². The molecule has 33 heavy (non-hydrogen) atoms. The van der Waals surface area contributed by atoms with Crippen LogP contribution in [0.2, 0.25) is 0 Å². The fraction of sp³-hybridized carbons (Fsp3) is 0.967. The lowest BCUT2D eigenvalue weighted by Gasteiger charge is -2.73. The van der Waals surface area contributed by atoms with Crippen molar-refractivity contribution in [1.82, 2.24) is 0 Å². The van der Waals surface area contributed by atoms with Crippen molar-refractivity contribution in [3.05, 3.63) is 0 Å². The standard InChI is InChI=1S/C30H51NO2/c1-18(2)19-10-15-30(25(32)33)17-16-28(6)20(24(19)30)8-9-22-27(5)13-12-23(31)26(3,4)21(27)11-14-29(22,28)7/h18-24H,8-17,31H2,1-7H3,(H,32,33)/t19-,20+,21?,22+,23-,24+,27-,28+,29+,30-/m0/s1. The van der Waals surface area contributed by atoms with Crippen molar-refractivity contribution >= 4 is 5.97 Å². The normalized spacial score (nSPS) is 55.3. The first-order chi connectivity index (χ1) is 15.3. The molecule has 5 saturated carbocycles. The molecule has 0 bridgehead atoms. The fourth-order valence-corrected chi connectivity index (χ4v) is 11.8. The topological polar surface area (TPSA) is 63.3 Å². The van der Waals surface area contributed by atoms with E-state index < -0.39 is 11.4 Å². The van der Waals surface area contributed by atoms with Gasteiger partial charge in [0.1, 0.15) is 0 Å². The average Bonchev–Trinajstić information content (AvgIpc) is 3.13. The Balaban J connectivity index is 1.56. The number of carboxylic acid groups (broad SMARTS) is 1. The number of hydrogen-bond acceptors (Lipinski definition) is 2. The summed E-state index contributed by atoms with van der Waals surface area (Å²) in [6.07, 6.45) is 11.6. The average molecular weight is 458 g/mol. The molecule has 3 N–H and O–H groups in total. The molecule has 0 aromatic carbocycles. The molecule has 3 nitrogen and oxygen atoms in total. The van der Waals surface area contributed by atoms with Crippen LogP contribution in [0.15, 0.2) is 0 Å². The molecule has 5 aliphatic rings. The molecule has 0 amide bonds. The molecule has 5 aliphatic carbocycles. The summed E-state index contributed by atoms with van der Waals surface area (Å²) < 4.78 is 0. The third kappa shape index (κ3) is 2.81. The van der Waals surface area contributed by atoms with E-state index in [2.05, 4.69) is 48.5 Å². The van der Waals surface area contributed by atoms with Gasteiger partial charge in [-0.2, -0.15) is 0 Å². The van der Waals surface area contributed by atoms with E-state index in [1.54, 1.807) is 0 Å². The minimum absolute atomic E-state index is 0.214. The van der Waals surface area contributed by atoms with Gasteiger partial charge in [-0.05, 0) is 121 Å². The van der Waals surface area contributed by atoms with E-state index in [-0.39, 0.29) is 10.8 Å². The SMILES string of the molecule is CC(C)[C@@H]1CC[C@]2(C(=O)O)CC[C@]3(C)[C@H](CC[C@@H]4[C@@]5(C)CC[C@H](N)C(C)(C)C5CC[C@]43C)[C@@H]12. The second-order valence-corrected chi connectivity index (χ2v) is 15.1. The third-order valence-corrected chi connectivity index (χ3v) is 13.9. The van der Waals surface area contributed by atoms with Crippen molar-refractivity contribution in [1.29, 1.82) is 0 Å². The fourth-order valence-electron chi connectivity index (χ4n) is 11.8. The minimum Gasteiger partial charge on any atom is -0.481 e. The first-order valence-electron chi connectivity index (χ1n) is 14.2. The monoisotopic (exact) mass is 457 g/mol. The summed E-state index contributed by atoms with van der Waals surface area (Å²) in [6.45, 7) is 17.5. The van der Waals surface area contributed by atoms with Crippen molar-refractivity contribution < 1.29 is 9.90 Å². The van der Waals surface area contributed by atoms with Crippen LogP contribution >= 0.6 is 0 Å². The Morgan fingerprint density at radius 2 is 1.52 bits per heavy atom. The van der Waals surface area contributed by atoms with Crippen LogP contribution in [0, 0.1) is 62.6 Å². The molecular weight excluding hydrogens is 406 g/mol. The molecule has 5 fully saturated rings. The van der Waals surface area contributed by atoms with E-state index in [1.165, 1.54) is 32.1 Å². The molecule has 1 unspecified atom stereocenters. The lowest BCUT2D eigenvalue weighted by Crippen LogP contribution is -2.67. The first kappa shape index (κ1) is 24.1. The molecule has 0 saturated heterocycles. The predicted molar refractivity (Wildman–Crippen MR) is 135 cm³/mol. The first-order valence-corrected chi connectivity index (χ1v) is 14.2. The maximum Gasteiger partial charge on any atom is 0.309 e. The van der Waals surface area contributed by atoms with Crippen LogP contribution in [-0.2, 0) is 4.79 Å². The second kappa shape index (κ2) is 7.23. The van der Waals surface area contributed by atoms with Gasteiger partial charge in [-0.3, -0.25) is 4.79 Å². The Labute approximate surface area is 203 Å². The van der Waals surface area contributed by atoms with Crippen molar-refractivity contribution in [3.63, 3.8) is 0 Å². The highest BCUT2D eigenvalue weighted by molar-refractivity contribution is 5.76. The second-order valence-electron chi connectivity index (χ2n) is 15.1. The molecule has 0 aromatic heterocycles. The Morgan fingerprint density at radius 3 is 2.15 bits per heavy atom. The van der Waals surface area contributed by atoms with Gasteiger partial charge < -0.3 is 10.8 Å². The molecule has 0 radical (unpaired) electrons. The van der Waals surface area contributed by atoms with Crippen LogP contribution in [0.4, 0.5) is 0 Å². The number of carboxylic acids is 1. The van der Waals surface area contributed by atoms with Gasteiger partial charge in [-0.15, -0.1) is 0 Å². The zero-order valence-corrected chi connectivity index (χ0v) is 22.5. The van der Waals surface area contributed by atoms with Gasteiger partial charge in [-0.1, -0.05) is 48.5 Å². The number of hydrogen-bond donors (Lipinski definition) is 2. The smallest absolute Gasteiger partial charge is 0.309 e. The minimum atomic E-state index is -0.483. The van der Waals surface area contributed by atoms with E-state index in [0.717, 1.165) is 38.0 Å². The highest BCUT2D eigenvalue weighted by Crippen LogP contribution is 2.77. The van der Waals surface area contributed by atoms with Gasteiger partial charge in [0.05, 0.1) is 5.41 Å². The van der Waals surface area contributed by atoms with Gasteiger partial charge in [0.25, 0.3) is 0 Å². The van der Waals surface area contributed by atoms with E-state index in [1.807, 2.05) is 0 Å². The van der Waals surface area contributed by atoms with E-state index in [0.29, 0.717) is 46.5 Å². The summed E-state index contributed by atoms with van der Waals surface area (Å²) in [5, 5.41) is 10.5. The van der Waals surface area contributed by atoms with Crippen LogP contribution in [0.1, 0.15) is 113 Å². The summed E-state index contributed by atoms with van der Waals surface area (Å²) in [4.78, 5) is 12.8. The Kier molecular flexibility index (Phi) is 5.29. The lowest BCUT2D eigenvalue weighted by molar-refractivity contribution is -0.241. The van der Waals surface area contributed by atoms with E-state index in [9.17, 15) is 9.90 Å². The molecule has 3 heteroatoms. The van der Waals surface area contributed by atoms with Crippen LogP contribution in [0.25, 0.3) is 0 Å². The van der Waals surface area contributed by atoms with Crippen LogP contribution < -0.4 is 5.73 Å². The largest absolute Gasteiger partial charge is 0.481 e. The molecule has 0 spiro atoms. The van der Waals surface area contributed by atoms with Crippen molar-refractivity contribution in [2.24, 2.45) is 68.3 Å². The van der Waals surface area contributed by atoms with Gasteiger partial charge in [0.15, 0.2) is 0 Å². The molecule has 0 aromatic rings. The molecular formula is C30H51NO2. The van der Waals surface area contributed by atoms with Gasteiger partial charge in [0, 0.05) is 6.04 Å². The van der Waals surface area contributed by atoms with Crippen LogP contribution in [0.5, 0.6) is 0 Å². The Morgan fingerprint density at radius 1 is 0.818 bits per heavy atom. The molecule has 10 atom stereocenters. The number of aliphatic carboxylic acids is 1. The van der Waals surface area contributed by atoms with Crippen LogP contribution in [-0.4, -0.2) is 17.1 Å². The third-order valence-electron chi connectivity index (χ3n) is 13.9. The molecule has 0 aliphatic heterocycles. The van der Waals surface area contributed by atoms with Crippen molar-refractivity contribution in [2.75, 3.05) is 0 Å². The Hall–Kier alpha value is -0.570. The molecule has 5 rings (SSSR count). The number of rotatable bonds is 2. The number of nitrogens with two attached hydrogens (primary N) is 1. The quantitative estimate of drug-likeness (QED) is 0.463. The highest BCUT2D eigenvalue weighted by Gasteiger charge is 2.71. The predicted octanol–water partition coefficient (Wildman–Crippen LogP) is 7.14. The summed E-state index contributed by atoms with van der Waals surface area (Å²) in [5.74, 6) is 3.06. The van der Waals surface area contributed by atoms with Gasteiger partial charge >= 0.3 is 5.97 Å². The maximum absolute atomic E-state index is 12.8. The molecule has 0 heterocycles. The maximum atomic E-state index is 12.8. The van der Waals surface area contributed by atoms with E-state index >= 15 is 0 Å². The zero-order valence-electron chi connectivity index (χ0n) is 22.5. The number of carbonyl (C=O) groups is 1. The zero-order chi connectivity index (χ0) is 24.2.